The lowest BCUT2D eigenvalue weighted by Gasteiger charge is -2.15. The van der Waals surface area contributed by atoms with Crippen LogP contribution in [0.25, 0.3) is 0 Å². The van der Waals surface area contributed by atoms with Crippen LogP contribution in [0, 0.1) is 29.6 Å². The van der Waals surface area contributed by atoms with E-state index >= 15 is 0 Å². The van der Waals surface area contributed by atoms with Crippen molar-refractivity contribution in [1.29, 1.82) is 0 Å². The van der Waals surface area contributed by atoms with Gasteiger partial charge in [0.1, 0.15) is 5.75 Å². The predicted molar refractivity (Wildman–Crippen MR) is 67.0 cm³/mol. The van der Waals surface area contributed by atoms with E-state index in [2.05, 4.69) is 4.98 Å². The molecule has 1 heterocycles. The smallest absolute Gasteiger partial charge is 0.137 e. The summed E-state index contributed by atoms with van der Waals surface area (Å²) in [5, 5.41) is 10.6. The summed E-state index contributed by atoms with van der Waals surface area (Å²) in [5.74, 6) is 4.62. The van der Waals surface area contributed by atoms with E-state index in [9.17, 15) is 5.11 Å². The first-order chi connectivity index (χ1) is 8.79. The van der Waals surface area contributed by atoms with Crippen LogP contribution in [0.5, 0.6) is 5.75 Å². The summed E-state index contributed by atoms with van der Waals surface area (Å²) in [7, 11) is 1.64. The number of methoxy groups -OCH3 is 1. The summed E-state index contributed by atoms with van der Waals surface area (Å²) >= 11 is 0. The Morgan fingerprint density at radius 3 is 2.67 bits per heavy atom. The number of rotatable bonds is 3. The van der Waals surface area contributed by atoms with Crippen LogP contribution in [0.4, 0.5) is 0 Å². The van der Waals surface area contributed by atoms with E-state index in [1.54, 1.807) is 19.5 Å². The van der Waals surface area contributed by atoms with Gasteiger partial charge in [-0.2, -0.15) is 0 Å². The van der Waals surface area contributed by atoms with Crippen LogP contribution >= 0.6 is 0 Å². The number of hydrogen-bond donors (Lipinski definition) is 1. The molecule has 96 valence electrons. The Hall–Kier alpha value is -1.09. The summed E-state index contributed by atoms with van der Waals surface area (Å²) in [4.78, 5) is 4.15. The molecule has 3 saturated carbocycles. The zero-order valence-corrected chi connectivity index (χ0v) is 10.6. The van der Waals surface area contributed by atoms with Gasteiger partial charge in [0.25, 0.3) is 0 Å². The Bertz CT molecular complexity index is 459. The monoisotopic (exact) mass is 245 g/mol. The zero-order valence-electron chi connectivity index (χ0n) is 10.6. The highest BCUT2D eigenvalue weighted by molar-refractivity contribution is 5.28. The third-order valence-electron chi connectivity index (χ3n) is 5.47. The maximum atomic E-state index is 10.6. The van der Waals surface area contributed by atoms with Gasteiger partial charge in [-0.05, 0) is 54.9 Å². The summed E-state index contributed by atoms with van der Waals surface area (Å²) in [6.07, 6.45) is 7.34. The number of aliphatic hydroxyl groups excluding tert-OH is 1. The molecule has 5 unspecified atom stereocenters. The molecule has 3 heteroatoms. The van der Waals surface area contributed by atoms with Gasteiger partial charge in [-0.25, -0.2) is 0 Å². The first-order valence-corrected chi connectivity index (χ1v) is 6.96. The minimum atomic E-state index is -0.342. The second kappa shape index (κ2) is 3.70. The molecule has 3 aliphatic rings. The summed E-state index contributed by atoms with van der Waals surface area (Å²) in [5.41, 5.74) is 0.924. The van der Waals surface area contributed by atoms with Gasteiger partial charge in [0.2, 0.25) is 0 Å². The molecule has 0 radical (unpaired) electrons. The second-order valence-electron chi connectivity index (χ2n) is 6.17. The molecule has 4 rings (SSSR count). The molecule has 3 nitrogen and oxygen atoms in total. The third kappa shape index (κ3) is 1.37. The number of nitrogens with zero attached hydrogens (tertiary/aromatic N) is 1. The highest BCUT2D eigenvalue weighted by Crippen LogP contribution is 2.72. The average molecular weight is 245 g/mol. The fourth-order valence-electron chi connectivity index (χ4n) is 4.75. The van der Waals surface area contributed by atoms with Crippen molar-refractivity contribution in [2.75, 3.05) is 7.11 Å². The van der Waals surface area contributed by atoms with E-state index in [0.717, 1.165) is 35.0 Å². The molecule has 1 N–H and O–H groups in total. The van der Waals surface area contributed by atoms with Crippen molar-refractivity contribution >= 4 is 0 Å². The van der Waals surface area contributed by atoms with Crippen LogP contribution in [0.3, 0.4) is 0 Å². The highest BCUT2D eigenvalue weighted by atomic mass is 16.5. The van der Waals surface area contributed by atoms with E-state index in [-0.39, 0.29) is 6.10 Å². The quantitative estimate of drug-likeness (QED) is 0.889. The lowest BCUT2D eigenvalue weighted by molar-refractivity contribution is 0.129. The standard InChI is InChI=1S/C15H19NO2/c1-18-11-5-10(6-16-7-11)15(17)14-12-8-2-3-9(4-8)13(12)14/h5-9,12-15,17H,2-4H2,1H3. The van der Waals surface area contributed by atoms with Crippen LogP contribution in [0.1, 0.15) is 30.9 Å². The number of pyridine rings is 1. The van der Waals surface area contributed by atoms with Crippen LogP contribution in [-0.2, 0) is 0 Å². The van der Waals surface area contributed by atoms with E-state index < -0.39 is 0 Å². The Balaban J connectivity index is 1.56. The fourth-order valence-corrected chi connectivity index (χ4v) is 4.75. The van der Waals surface area contributed by atoms with Crippen LogP contribution in [0.15, 0.2) is 18.5 Å². The number of fused-ring (bicyclic) bond motifs is 5. The lowest BCUT2D eigenvalue weighted by Crippen LogP contribution is -2.08. The average Bonchev–Trinajstić information content (AvgIpc) is 2.85. The molecule has 0 aliphatic heterocycles. The first-order valence-electron chi connectivity index (χ1n) is 6.96. The fraction of sp³-hybridized carbons (Fsp3) is 0.667. The lowest BCUT2D eigenvalue weighted by atomic mass is 9.96. The normalized spacial score (nSPS) is 41.6. The van der Waals surface area contributed by atoms with E-state index in [4.69, 9.17) is 4.74 Å². The number of aliphatic hydroxyl groups is 1. The molecule has 18 heavy (non-hydrogen) atoms. The summed E-state index contributed by atoms with van der Waals surface area (Å²) in [6, 6.07) is 1.92. The Labute approximate surface area is 107 Å². The molecular formula is C15H19NO2. The van der Waals surface area contributed by atoms with Crippen molar-refractivity contribution in [3.63, 3.8) is 0 Å². The number of ether oxygens (including phenoxy) is 1. The van der Waals surface area contributed by atoms with Crippen molar-refractivity contribution < 1.29 is 9.84 Å². The second-order valence-corrected chi connectivity index (χ2v) is 6.17. The van der Waals surface area contributed by atoms with Crippen LogP contribution < -0.4 is 4.74 Å². The SMILES string of the molecule is COc1cncc(C(O)C2C3C4CCC(C4)C32)c1. The highest BCUT2D eigenvalue weighted by Gasteiger charge is 2.66. The number of hydrogen-bond acceptors (Lipinski definition) is 3. The largest absolute Gasteiger partial charge is 0.495 e. The predicted octanol–water partition coefficient (Wildman–Crippen LogP) is 2.42. The Morgan fingerprint density at radius 1 is 1.28 bits per heavy atom. The summed E-state index contributed by atoms with van der Waals surface area (Å²) < 4.78 is 5.18. The zero-order chi connectivity index (χ0) is 12.3. The first kappa shape index (κ1) is 10.8. The van der Waals surface area contributed by atoms with Crippen LogP contribution in [-0.4, -0.2) is 17.2 Å². The molecule has 5 atom stereocenters. The van der Waals surface area contributed by atoms with Gasteiger partial charge in [-0.1, -0.05) is 0 Å². The van der Waals surface area contributed by atoms with E-state index in [0.29, 0.717) is 5.92 Å². The van der Waals surface area contributed by atoms with Crippen molar-refractivity contribution in [3.8, 4) is 5.75 Å². The van der Waals surface area contributed by atoms with Gasteiger partial charge in [0.15, 0.2) is 0 Å². The molecule has 2 bridgehead atoms. The Kier molecular flexibility index (Phi) is 2.22. The maximum Gasteiger partial charge on any atom is 0.137 e. The minimum Gasteiger partial charge on any atom is -0.495 e. The Morgan fingerprint density at radius 2 is 2.00 bits per heavy atom. The van der Waals surface area contributed by atoms with Crippen molar-refractivity contribution in [1.82, 2.24) is 4.98 Å². The third-order valence-corrected chi connectivity index (χ3v) is 5.47. The van der Waals surface area contributed by atoms with E-state index in [1.807, 2.05) is 6.07 Å². The molecule has 1 aromatic rings. The molecule has 0 saturated heterocycles. The van der Waals surface area contributed by atoms with Gasteiger partial charge >= 0.3 is 0 Å². The van der Waals surface area contributed by atoms with Gasteiger partial charge < -0.3 is 9.84 Å². The van der Waals surface area contributed by atoms with Gasteiger partial charge in [-0.15, -0.1) is 0 Å². The maximum absolute atomic E-state index is 10.6. The van der Waals surface area contributed by atoms with E-state index in [1.165, 1.54) is 19.3 Å². The molecule has 0 aromatic carbocycles. The van der Waals surface area contributed by atoms with Gasteiger partial charge in [0.05, 0.1) is 19.4 Å². The van der Waals surface area contributed by atoms with Gasteiger partial charge in [0, 0.05) is 11.8 Å². The van der Waals surface area contributed by atoms with Crippen molar-refractivity contribution in [2.24, 2.45) is 29.6 Å². The molecular weight excluding hydrogens is 226 g/mol. The van der Waals surface area contributed by atoms with Crippen molar-refractivity contribution in [3.05, 3.63) is 24.0 Å². The topological polar surface area (TPSA) is 42.4 Å². The molecule has 3 fully saturated rings. The summed E-state index contributed by atoms with van der Waals surface area (Å²) in [6.45, 7) is 0. The van der Waals surface area contributed by atoms with Crippen molar-refractivity contribution in [2.45, 2.75) is 25.4 Å². The molecule has 1 aromatic heterocycles. The molecule has 0 amide bonds. The number of aromatic nitrogens is 1. The molecule has 3 aliphatic carbocycles. The molecule has 0 spiro atoms. The minimum absolute atomic E-state index is 0.342. The van der Waals surface area contributed by atoms with Crippen LogP contribution in [0.2, 0.25) is 0 Å². The van der Waals surface area contributed by atoms with Gasteiger partial charge in [-0.3, -0.25) is 4.98 Å².